The van der Waals surface area contributed by atoms with Crippen molar-refractivity contribution in [3.8, 4) is 0 Å². The highest BCUT2D eigenvalue weighted by atomic mass is 16.7. The van der Waals surface area contributed by atoms with Crippen molar-refractivity contribution in [2.75, 3.05) is 38.2 Å². The molecule has 2 aliphatic heterocycles. The Morgan fingerprint density at radius 1 is 1.27 bits per heavy atom. The van der Waals surface area contributed by atoms with Crippen molar-refractivity contribution in [1.82, 2.24) is 4.90 Å². The molecule has 1 spiro atoms. The van der Waals surface area contributed by atoms with E-state index in [1.165, 1.54) is 5.56 Å². The molecule has 0 unspecified atom stereocenters. The van der Waals surface area contributed by atoms with Crippen molar-refractivity contribution in [2.45, 2.75) is 50.4 Å². The standard InChI is InChI=1S/C20H28N2O4/c1-19(2)12-17(23)15-11-14(3-4-16(15)19)21-13-18(24)22-7-5-20(6-8-22)25-9-10-26-20/h3-4,11,17,21,23H,5-10,12-13H2,1-2H3/t17-/m0/s1. The molecule has 142 valence electrons. The Labute approximate surface area is 154 Å². The highest BCUT2D eigenvalue weighted by Gasteiger charge is 2.40. The van der Waals surface area contributed by atoms with Gasteiger partial charge in [0.15, 0.2) is 5.79 Å². The van der Waals surface area contributed by atoms with E-state index >= 15 is 0 Å². The lowest BCUT2D eigenvalue weighted by Gasteiger charge is -2.37. The van der Waals surface area contributed by atoms with Crippen LogP contribution in [-0.4, -0.2) is 54.5 Å². The van der Waals surface area contributed by atoms with Gasteiger partial charge in [0.2, 0.25) is 5.91 Å². The van der Waals surface area contributed by atoms with Gasteiger partial charge in [0.05, 0.1) is 25.9 Å². The van der Waals surface area contributed by atoms with Crippen LogP contribution in [0.15, 0.2) is 18.2 Å². The molecule has 2 saturated heterocycles. The molecule has 1 aromatic carbocycles. The van der Waals surface area contributed by atoms with Gasteiger partial charge < -0.3 is 24.8 Å². The van der Waals surface area contributed by atoms with Crippen molar-refractivity contribution >= 4 is 11.6 Å². The normalized spacial score (nSPS) is 26.1. The first-order valence-corrected chi connectivity index (χ1v) is 9.51. The van der Waals surface area contributed by atoms with E-state index in [0.29, 0.717) is 26.3 Å². The number of piperidine rings is 1. The molecular formula is C20H28N2O4. The smallest absolute Gasteiger partial charge is 0.241 e. The number of amides is 1. The van der Waals surface area contributed by atoms with Gasteiger partial charge in [-0.05, 0) is 35.1 Å². The predicted octanol–water partition coefficient (Wildman–Crippen LogP) is 2.18. The van der Waals surface area contributed by atoms with Gasteiger partial charge in [-0.1, -0.05) is 19.9 Å². The van der Waals surface area contributed by atoms with Gasteiger partial charge in [-0.2, -0.15) is 0 Å². The minimum absolute atomic E-state index is 0.00274. The Morgan fingerprint density at radius 3 is 2.65 bits per heavy atom. The third-order valence-electron chi connectivity index (χ3n) is 5.98. The maximum absolute atomic E-state index is 12.5. The van der Waals surface area contributed by atoms with E-state index < -0.39 is 11.9 Å². The minimum Gasteiger partial charge on any atom is -0.388 e. The van der Waals surface area contributed by atoms with Crippen LogP contribution < -0.4 is 5.32 Å². The number of rotatable bonds is 3. The quantitative estimate of drug-likeness (QED) is 0.865. The van der Waals surface area contributed by atoms with E-state index in [4.69, 9.17) is 9.47 Å². The van der Waals surface area contributed by atoms with Crippen molar-refractivity contribution in [1.29, 1.82) is 0 Å². The Bertz CT molecular complexity index is 687. The zero-order valence-electron chi connectivity index (χ0n) is 15.6. The van der Waals surface area contributed by atoms with Crippen LogP contribution in [0.4, 0.5) is 5.69 Å². The lowest BCUT2D eigenvalue weighted by molar-refractivity contribution is -0.187. The molecular weight excluding hydrogens is 332 g/mol. The molecule has 6 heteroatoms. The molecule has 2 heterocycles. The third kappa shape index (κ3) is 3.21. The zero-order chi connectivity index (χ0) is 18.4. The number of ether oxygens (including phenoxy) is 2. The lowest BCUT2D eigenvalue weighted by Crippen LogP contribution is -2.48. The first-order valence-electron chi connectivity index (χ1n) is 9.51. The second kappa shape index (κ2) is 6.51. The summed E-state index contributed by atoms with van der Waals surface area (Å²) in [6.45, 7) is 7.19. The highest BCUT2D eigenvalue weighted by Crippen LogP contribution is 2.45. The van der Waals surface area contributed by atoms with E-state index in [0.717, 1.165) is 30.5 Å². The van der Waals surface area contributed by atoms with Crippen LogP contribution in [0.1, 0.15) is 50.3 Å². The summed E-state index contributed by atoms with van der Waals surface area (Å²) in [5, 5.41) is 13.5. The molecule has 0 radical (unpaired) electrons. The zero-order valence-corrected chi connectivity index (χ0v) is 15.6. The Morgan fingerprint density at radius 2 is 1.96 bits per heavy atom. The van der Waals surface area contributed by atoms with Crippen LogP contribution in [0.5, 0.6) is 0 Å². The van der Waals surface area contributed by atoms with Gasteiger partial charge in [-0.15, -0.1) is 0 Å². The molecule has 6 nitrogen and oxygen atoms in total. The number of carbonyl (C=O) groups excluding carboxylic acids is 1. The van der Waals surface area contributed by atoms with Gasteiger partial charge >= 0.3 is 0 Å². The van der Waals surface area contributed by atoms with Crippen LogP contribution in [0.25, 0.3) is 0 Å². The number of likely N-dealkylation sites (tertiary alicyclic amines) is 1. The average Bonchev–Trinajstić information content (AvgIpc) is 3.16. The summed E-state index contributed by atoms with van der Waals surface area (Å²) < 4.78 is 11.4. The summed E-state index contributed by atoms with van der Waals surface area (Å²) in [6, 6.07) is 6.04. The number of nitrogens with zero attached hydrogens (tertiary/aromatic N) is 1. The number of aliphatic hydroxyl groups excluding tert-OH is 1. The monoisotopic (exact) mass is 360 g/mol. The average molecular weight is 360 g/mol. The number of carbonyl (C=O) groups is 1. The predicted molar refractivity (Wildman–Crippen MR) is 98.0 cm³/mol. The maximum atomic E-state index is 12.5. The molecule has 1 aliphatic carbocycles. The van der Waals surface area contributed by atoms with Crippen molar-refractivity contribution in [3.05, 3.63) is 29.3 Å². The van der Waals surface area contributed by atoms with Gasteiger partial charge in [0.25, 0.3) is 0 Å². The van der Waals surface area contributed by atoms with Crippen LogP contribution in [-0.2, 0) is 19.7 Å². The second-order valence-electron chi connectivity index (χ2n) is 8.25. The van der Waals surface area contributed by atoms with E-state index in [2.05, 4.69) is 25.2 Å². The van der Waals surface area contributed by atoms with Gasteiger partial charge in [0, 0.05) is 31.6 Å². The fraction of sp³-hybridized carbons (Fsp3) is 0.650. The van der Waals surface area contributed by atoms with E-state index in [1.807, 2.05) is 17.0 Å². The van der Waals surface area contributed by atoms with Crippen LogP contribution in [0, 0.1) is 0 Å². The molecule has 4 rings (SSSR count). The topological polar surface area (TPSA) is 71.0 Å². The molecule has 0 saturated carbocycles. The first kappa shape index (κ1) is 17.8. The molecule has 2 N–H and O–H groups in total. The summed E-state index contributed by atoms with van der Waals surface area (Å²) in [5.74, 6) is -0.369. The summed E-state index contributed by atoms with van der Waals surface area (Å²) in [6.07, 6.45) is 1.78. The highest BCUT2D eigenvalue weighted by molar-refractivity contribution is 5.81. The third-order valence-corrected chi connectivity index (χ3v) is 5.98. The molecule has 3 aliphatic rings. The fourth-order valence-corrected chi connectivity index (χ4v) is 4.44. The number of hydrogen-bond donors (Lipinski definition) is 2. The van der Waals surface area contributed by atoms with E-state index in [1.54, 1.807) is 0 Å². The number of hydrogen-bond acceptors (Lipinski definition) is 5. The van der Waals surface area contributed by atoms with Crippen molar-refractivity contribution in [3.63, 3.8) is 0 Å². The Balaban J connectivity index is 1.33. The molecule has 1 aromatic rings. The van der Waals surface area contributed by atoms with Crippen LogP contribution in [0.3, 0.4) is 0 Å². The number of nitrogens with one attached hydrogen (secondary N) is 1. The maximum Gasteiger partial charge on any atom is 0.241 e. The molecule has 2 fully saturated rings. The number of benzene rings is 1. The Hall–Kier alpha value is -1.63. The fourth-order valence-electron chi connectivity index (χ4n) is 4.44. The summed E-state index contributed by atoms with van der Waals surface area (Å²) in [5.41, 5.74) is 3.05. The second-order valence-corrected chi connectivity index (χ2v) is 8.25. The van der Waals surface area contributed by atoms with Crippen LogP contribution in [0.2, 0.25) is 0 Å². The Kier molecular flexibility index (Phi) is 4.45. The SMILES string of the molecule is CC1(C)C[C@H](O)c2cc(NCC(=O)N3CCC4(CC3)OCCO4)ccc21. The summed E-state index contributed by atoms with van der Waals surface area (Å²) in [7, 11) is 0. The van der Waals surface area contributed by atoms with Crippen LogP contribution >= 0.6 is 0 Å². The van der Waals surface area contributed by atoms with E-state index in [9.17, 15) is 9.90 Å². The summed E-state index contributed by atoms with van der Waals surface area (Å²) >= 11 is 0. The molecule has 0 bridgehead atoms. The van der Waals surface area contributed by atoms with Crippen molar-refractivity contribution in [2.24, 2.45) is 0 Å². The number of fused-ring (bicyclic) bond motifs is 1. The lowest BCUT2D eigenvalue weighted by atomic mass is 9.86. The largest absolute Gasteiger partial charge is 0.388 e. The molecule has 0 aromatic heterocycles. The molecule has 1 atom stereocenters. The van der Waals surface area contributed by atoms with Gasteiger partial charge in [0.1, 0.15) is 0 Å². The van der Waals surface area contributed by atoms with Gasteiger partial charge in [-0.25, -0.2) is 0 Å². The molecule has 26 heavy (non-hydrogen) atoms. The number of anilines is 1. The minimum atomic E-state index is -0.451. The molecule has 1 amide bonds. The number of aliphatic hydroxyl groups is 1. The van der Waals surface area contributed by atoms with Crippen molar-refractivity contribution < 1.29 is 19.4 Å². The van der Waals surface area contributed by atoms with E-state index in [-0.39, 0.29) is 17.9 Å². The first-order chi connectivity index (χ1) is 12.4. The summed E-state index contributed by atoms with van der Waals surface area (Å²) in [4.78, 5) is 14.4. The van der Waals surface area contributed by atoms with Gasteiger partial charge in [-0.3, -0.25) is 4.79 Å².